The lowest BCUT2D eigenvalue weighted by molar-refractivity contribution is 0.388. The zero-order valence-electron chi connectivity index (χ0n) is 13.0. The Balaban J connectivity index is 1.85. The molecule has 2 heterocycles. The van der Waals surface area contributed by atoms with Gasteiger partial charge in [-0.1, -0.05) is 17.7 Å². The molecule has 1 aliphatic heterocycles. The van der Waals surface area contributed by atoms with Crippen LogP contribution in [0.2, 0.25) is 5.02 Å². The molecular weight excluding hydrogens is 355 g/mol. The first-order valence-electron chi connectivity index (χ1n) is 7.36. The van der Waals surface area contributed by atoms with E-state index in [1.807, 2.05) is 0 Å². The number of hydrogen-bond acceptors (Lipinski definition) is 3. The molecule has 128 valence electrons. The lowest BCUT2D eigenvalue weighted by Gasteiger charge is -2.28. The van der Waals surface area contributed by atoms with Gasteiger partial charge in [-0.3, -0.25) is 4.79 Å². The molecule has 0 N–H and O–H groups in total. The van der Waals surface area contributed by atoms with E-state index in [0.717, 1.165) is 17.2 Å². The van der Waals surface area contributed by atoms with Crippen LogP contribution in [-0.2, 0) is 35.8 Å². The van der Waals surface area contributed by atoms with Gasteiger partial charge >= 0.3 is 0 Å². The maximum absolute atomic E-state index is 13.9. The number of aromatic nitrogens is 1. The van der Waals surface area contributed by atoms with E-state index in [4.69, 9.17) is 11.6 Å². The van der Waals surface area contributed by atoms with Crippen LogP contribution in [0.25, 0.3) is 0 Å². The molecule has 24 heavy (non-hydrogen) atoms. The first-order chi connectivity index (χ1) is 11.3. The molecule has 0 radical (unpaired) electrons. The van der Waals surface area contributed by atoms with Gasteiger partial charge < -0.3 is 4.57 Å². The monoisotopic (exact) mass is 370 g/mol. The van der Waals surface area contributed by atoms with Crippen LogP contribution >= 0.6 is 11.6 Å². The van der Waals surface area contributed by atoms with E-state index in [1.54, 1.807) is 13.2 Å². The second-order valence-electron chi connectivity index (χ2n) is 5.85. The lowest BCUT2D eigenvalue weighted by atomic mass is 10.0. The Morgan fingerprint density at radius 3 is 2.71 bits per heavy atom. The molecule has 5 nitrogen and oxygen atoms in total. The lowest BCUT2D eigenvalue weighted by Crippen LogP contribution is -2.38. The van der Waals surface area contributed by atoms with Crippen molar-refractivity contribution in [1.29, 1.82) is 0 Å². The molecule has 1 aromatic heterocycles. The SMILES string of the molecule is Cn1cc2c(cc1=O)CCN(S(=O)(=O)Cc1ccc(Cl)cc1F)C2. The van der Waals surface area contributed by atoms with Crippen LogP contribution in [0.15, 0.2) is 35.3 Å². The minimum Gasteiger partial charge on any atom is -0.318 e. The Hall–Kier alpha value is -1.70. The van der Waals surface area contributed by atoms with Crippen LogP contribution in [0.1, 0.15) is 16.7 Å². The normalized spacial score (nSPS) is 15.3. The van der Waals surface area contributed by atoms with E-state index in [-0.39, 0.29) is 29.2 Å². The average Bonchev–Trinajstić information content (AvgIpc) is 2.51. The Morgan fingerprint density at radius 1 is 1.25 bits per heavy atom. The third kappa shape index (κ3) is 3.38. The summed E-state index contributed by atoms with van der Waals surface area (Å²) in [6.07, 6.45) is 2.12. The predicted molar refractivity (Wildman–Crippen MR) is 89.8 cm³/mol. The third-order valence-electron chi connectivity index (χ3n) is 4.13. The van der Waals surface area contributed by atoms with Gasteiger partial charge in [0, 0.05) is 43.0 Å². The van der Waals surface area contributed by atoms with E-state index in [0.29, 0.717) is 6.42 Å². The van der Waals surface area contributed by atoms with Gasteiger partial charge in [0.25, 0.3) is 5.56 Å². The number of benzene rings is 1. The highest BCUT2D eigenvalue weighted by Crippen LogP contribution is 2.23. The van der Waals surface area contributed by atoms with Crippen LogP contribution in [0.5, 0.6) is 0 Å². The van der Waals surface area contributed by atoms with E-state index in [2.05, 4.69) is 0 Å². The summed E-state index contributed by atoms with van der Waals surface area (Å²) in [7, 11) is -2.05. The zero-order chi connectivity index (χ0) is 17.5. The summed E-state index contributed by atoms with van der Waals surface area (Å²) in [4.78, 5) is 11.7. The van der Waals surface area contributed by atoms with Gasteiger partial charge in [0.2, 0.25) is 10.0 Å². The first kappa shape index (κ1) is 17.1. The number of aryl methyl sites for hydroxylation is 1. The summed E-state index contributed by atoms with van der Waals surface area (Å²) in [5.74, 6) is -1.05. The summed E-state index contributed by atoms with van der Waals surface area (Å²) >= 11 is 5.69. The molecule has 3 rings (SSSR count). The molecule has 0 saturated heterocycles. The fourth-order valence-corrected chi connectivity index (χ4v) is 4.45. The largest absolute Gasteiger partial charge is 0.318 e. The number of hydrogen-bond donors (Lipinski definition) is 0. The van der Waals surface area contributed by atoms with E-state index < -0.39 is 21.6 Å². The topological polar surface area (TPSA) is 59.4 Å². The van der Waals surface area contributed by atoms with Crippen molar-refractivity contribution in [2.45, 2.75) is 18.7 Å². The van der Waals surface area contributed by atoms with Gasteiger partial charge in [0.05, 0.1) is 5.75 Å². The summed E-state index contributed by atoms with van der Waals surface area (Å²) in [5.41, 5.74) is 1.63. The van der Waals surface area contributed by atoms with Crippen molar-refractivity contribution in [3.8, 4) is 0 Å². The third-order valence-corrected chi connectivity index (χ3v) is 6.14. The second kappa shape index (κ2) is 6.31. The first-order valence-corrected chi connectivity index (χ1v) is 9.35. The molecule has 1 aliphatic rings. The fourth-order valence-electron chi connectivity index (χ4n) is 2.78. The Kier molecular flexibility index (Phi) is 4.50. The van der Waals surface area contributed by atoms with Gasteiger partial charge in [0.15, 0.2) is 0 Å². The molecule has 0 amide bonds. The van der Waals surface area contributed by atoms with Crippen LogP contribution in [0, 0.1) is 5.82 Å². The van der Waals surface area contributed by atoms with Gasteiger partial charge in [-0.25, -0.2) is 12.8 Å². The Bertz CT molecular complexity index is 956. The molecule has 0 fully saturated rings. The number of nitrogens with zero attached hydrogens (tertiary/aromatic N) is 2. The molecule has 0 spiro atoms. The maximum atomic E-state index is 13.9. The quantitative estimate of drug-likeness (QED) is 0.831. The molecular formula is C16H16ClFN2O3S. The van der Waals surface area contributed by atoms with Crippen molar-refractivity contribution in [3.63, 3.8) is 0 Å². The summed E-state index contributed by atoms with van der Waals surface area (Å²) in [5, 5.41) is 0.224. The van der Waals surface area contributed by atoms with E-state index in [1.165, 1.54) is 27.1 Å². The van der Waals surface area contributed by atoms with Crippen LogP contribution in [0.3, 0.4) is 0 Å². The summed E-state index contributed by atoms with van der Waals surface area (Å²) < 4.78 is 41.9. The molecule has 1 aromatic carbocycles. The summed E-state index contributed by atoms with van der Waals surface area (Å²) in [6.45, 7) is 0.457. The maximum Gasteiger partial charge on any atom is 0.250 e. The Morgan fingerprint density at radius 2 is 2.00 bits per heavy atom. The van der Waals surface area contributed by atoms with Crippen molar-refractivity contribution in [3.05, 3.63) is 68.3 Å². The molecule has 0 aliphatic carbocycles. The number of rotatable bonds is 3. The van der Waals surface area contributed by atoms with Gasteiger partial charge in [-0.15, -0.1) is 0 Å². The highest BCUT2D eigenvalue weighted by molar-refractivity contribution is 7.88. The summed E-state index contributed by atoms with van der Waals surface area (Å²) in [6, 6.07) is 5.50. The smallest absolute Gasteiger partial charge is 0.250 e. The minimum atomic E-state index is -3.67. The molecule has 0 bridgehead atoms. The fraction of sp³-hybridized carbons (Fsp3) is 0.312. The predicted octanol–water partition coefficient (Wildman–Crippen LogP) is 2.07. The molecule has 8 heteroatoms. The number of sulfonamides is 1. The highest BCUT2D eigenvalue weighted by Gasteiger charge is 2.28. The van der Waals surface area contributed by atoms with E-state index in [9.17, 15) is 17.6 Å². The zero-order valence-corrected chi connectivity index (χ0v) is 14.6. The minimum absolute atomic E-state index is 0.0886. The van der Waals surface area contributed by atoms with E-state index >= 15 is 0 Å². The molecule has 2 aromatic rings. The number of pyridine rings is 1. The van der Waals surface area contributed by atoms with Gasteiger partial charge in [-0.05, 0) is 29.7 Å². The molecule has 0 saturated carbocycles. The number of fused-ring (bicyclic) bond motifs is 1. The van der Waals surface area contributed by atoms with Crippen molar-refractivity contribution >= 4 is 21.6 Å². The Labute approximate surface area is 144 Å². The highest BCUT2D eigenvalue weighted by atomic mass is 35.5. The van der Waals surface area contributed by atoms with Gasteiger partial charge in [-0.2, -0.15) is 4.31 Å². The van der Waals surface area contributed by atoms with Crippen molar-refractivity contribution < 1.29 is 12.8 Å². The second-order valence-corrected chi connectivity index (χ2v) is 8.25. The van der Waals surface area contributed by atoms with Gasteiger partial charge in [0.1, 0.15) is 5.82 Å². The van der Waals surface area contributed by atoms with Crippen molar-refractivity contribution in [2.75, 3.05) is 6.54 Å². The molecule has 0 atom stereocenters. The van der Waals surface area contributed by atoms with Crippen molar-refractivity contribution in [2.24, 2.45) is 7.05 Å². The standard InChI is InChI=1S/C16H16ClFN2O3S/c1-19-8-13-9-20(5-4-11(13)6-16(19)21)24(22,23)10-12-2-3-14(17)7-15(12)18/h2-3,6-8H,4-5,9-10H2,1H3. The average molecular weight is 371 g/mol. The molecule has 0 unspecified atom stereocenters. The van der Waals surface area contributed by atoms with Crippen LogP contribution in [-0.4, -0.2) is 23.8 Å². The van der Waals surface area contributed by atoms with Crippen LogP contribution < -0.4 is 5.56 Å². The van der Waals surface area contributed by atoms with Crippen LogP contribution in [0.4, 0.5) is 4.39 Å². The number of halogens is 2. The van der Waals surface area contributed by atoms with Crippen molar-refractivity contribution in [1.82, 2.24) is 8.87 Å².